The van der Waals surface area contributed by atoms with Crippen LogP contribution in [0.2, 0.25) is 0 Å². The number of alkyl halides is 3. The van der Waals surface area contributed by atoms with E-state index in [2.05, 4.69) is 32.4 Å². The minimum absolute atomic E-state index is 0.139. The number of carbonyl (C=O) groups is 1. The first-order valence-corrected chi connectivity index (χ1v) is 8.25. The van der Waals surface area contributed by atoms with Crippen LogP contribution in [0, 0.1) is 11.8 Å². The summed E-state index contributed by atoms with van der Waals surface area (Å²) in [6, 6.07) is 10.5. The minimum atomic E-state index is -4.58. The Morgan fingerprint density at radius 3 is 2.34 bits per heavy atom. The van der Waals surface area contributed by atoms with Crippen LogP contribution in [0.15, 0.2) is 60.9 Å². The molecular weight excluding hydrogens is 383 g/mol. The van der Waals surface area contributed by atoms with E-state index in [9.17, 15) is 18.0 Å². The number of hydrogen-bond donors (Lipinski definition) is 3. The number of nitrogens with zero attached hydrogens (tertiary/aromatic N) is 2. The lowest BCUT2D eigenvalue weighted by Gasteiger charge is -2.14. The molecule has 2 aromatic carbocycles. The zero-order valence-corrected chi connectivity index (χ0v) is 14.8. The predicted octanol–water partition coefficient (Wildman–Crippen LogP) is 4.12. The SMILES string of the molecule is Nc1ncc(C#Cc2cccc(NC(=O)Nc3ccccc3C(F)(F)F)c2)cn1. The smallest absolute Gasteiger partial charge is 0.368 e. The van der Waals surface area contributed by atoms with Gasteiger partial charge in [-0.05, 0) is 30.3 Å². The fourth-order valence-electron chi connectivity index (χ4n) is 2.35. The number of halogens is 3. The van der Waals surface area contributed by atoms with Gasteiger partial charge < -0.3 is 16.4 Å². The number of nitrogens with one attached hydrogen (secondary N) is 2. The summed E-state index contributed by atoms with van der Waals surface area (Å²) in [6.45, 7) is 0. The molecule has 0 unspecified atom stereocenters. The van der Waals surface area contributed by atoms with E-state index in [-0.39, 0.29) is 11.6 Å². The van der Waals surface area contributed by atoms with Crippen molar-refractivity contribution < 1.29 is 18.0 Å². The number of benzene rings is 2. The molecule has 2 amide bonds. The van der Waals surface area contributed by atoms with Crippen molar-refractivity contribution in [2.24, 2.45) is 0 Å². The van der Waals surface area contributed by atoms with Crippen LogP contribution >= 0.6 is 0 Å². The van der Waals surface area contributed by atoms with Gasteiger partial charge in [-0.3, -0.25) is 0 Å². The molecule has 0 aliphatic rings. The molecule has 6 nitrogen and oxygen atoms in total. The van der Waals surface area contributed by atoms with E-state index in [1.807, 2.05) is 0 Å². The Kier molecular flexibility index (Phi) is 5.64. The van der Waals surface area contributed by atoms with E-state index < -0.39 is 17.8 Å². The van der Waals surface area contributed by atoms with Crippen LogP contribution in [0.4, 0.5) is 35.3 Å². The number of urea groups is 1. The third kappa shape index (κ3) is 5.46. The third-order valence-corrected chi connectivity index (χ3v) is 3.62. The van der Waals surface area contributed by atoms with Gasteiger partial charge in [0.15, 0.2) is 0 Å². The van der Waals surface area contributed by atoms with Crippen LogP contribution in [0.1, 0.15) is 16.7 Å². The van der Waals surface area contributed by atoms with Gasteiger partial charge >= 0.3 is 12.2 Å². The standard InChI is InChI=1S/C20H14F3N5O/c21-20(22,23)16-6-1-2-7-17(16)28-19(29)27-15-5-3-4-13(10-15)8-9-14-11-25-18(24)26-12-14/h1-7,10-12H,(H2,24,25,26)(H2,27,28,29). The van der Waals surface area contributed by atoms with Crippen molar-refractivity contribution in [1.82, 2.24) is 9.97 Å². The molecule has 29 heavy (non-hydrogen) atoms. The van der Waals surface area contributed by atoms with Crippen LogP contribution in [0.3, 0.4) is 0 Å². The highest BCUT2D eigenvalue weighted by molar-refractivity contribution is 6.00. The monoisotopic (exact) mass is 397 g/mol. The van der Waals surface area contributed by atoms with Crippen LogP contribution in [-0.4, -0.2) is 16.0 Å². The maximum Gasteiger partial charge on any atom is 0.418 e. The van der Waals surface area contributed by atoms with E-state index in [1.165, 1.54) is 30.6 Å². The van der Waals surface area contributed by atoms with Crippen LogP contribution < -0.4 is 16.4 Å². The summed E-state index contributed by atoms with van der Waals surface area (Å²) in [4.78, 5) is 19.8. The predicted molar refractivity (Wildman–Crippen MR) is 103 cm³/mol. The Bertz CT molecular complexity index is 1090. The van der Waals surface area contributed by atoms with Crippen molar-refractivity contribution in [3.05, 3.63) is 77.6 Å². The second-order valence-corrected chi connectivity index (χ2v) is 5.78. The van der Waals surface area contributed by atoms with Crippen LogP contribution in [-0.2, 0) is 6.18 Å². The highest BCUT2D eigenvalue weighted by Crippen LogP contribution is 2.34. The molecule has 0 aliphatic carbocycles. The molecule has 4 N–H and O–H groups in total. The lowest BCUT2D eigenvalue weighted by atomic mass is 10.1. The number of aromatic nitrogens is 2. The molecule has 0 saturated heterocycles. The quantitative estimate of drug-likeness (QED) is 0.567. The van der Waals surface area contributed by atoms with Gasteiger partial charge in [-0.25, -0.2) is 14.8 Å². The summed E-state index contributed by atoms with van der Waals surface area (Å²) in [7, 11) is 0. The molecule has 9 heteroatoms. The van der Waals surface area contributed by atoms with Crippen molar-refractivity contribution in [1.29, 1.82) is 0 Å². The van der Waals surface area contributed by atoms with Crippen molar-refractivity contribution in [3.63, 3.8) is 0 Å². The van der Waals surface area contributed by atoms with Gasteiger partial charge in [0.05, 0.1) is 16.8 Å². The fourth-order valence-corrected chi connectivity index (χ4v) is 2.35. The van der Waals surface area contributed by atoms with Crippen LogP contribution in [0.5, 0.6) is 0 Å². The highest BCUT2D eigenvalue weighted by atomic mass is 19.4. The van der Waals surface area contributed by atoms with Crippen LogP contribution in [0.25, 0.3) is 0 Å². The molecule has 3 rings (SSSR count). The van der Waals surface area contributed by atoms with Crippen molar-refractivity contribution in [3.8, 4) is 11.8 Å². The Balaban J connectivity index is 1.71. The summed E-state index contributed by atoms with van der Waals surface area (Å²) in [5.74, 6) is 5.87. The molecule has 146 valence electrons. The van der Waals surface area contributed by atoms with E-state index in [0.29, 0.717) is 16.8 Å². The minimum Gasteiger partial charge on any atom is -0.368 e. The maximum absolute atomic E-state index is 13.0. The summed E-state index contributed by atoms with van der Waals surface area (Å²) in [5, 5.41) is 4.70. The molecule has 1 heterocycles. The number of nitrogens with two attached hydrogens (primary N) is 1. The van der Waals surface area contributed by atoms with Gasteiger partial charge in [-0.2, -0.15) is 13.2 Å². The number of nitrogen functional groups attached to an aromatic ring is 1. The third-order valence-electron chi connectivity index (χ3n) is 3.62. The Morgan fingerprint density at radius 1 is 0.931 bits per heavy atom. The molecule has 1 aromatic heterocycles. The first kappa shape index (κ1) is 19.7. The van der Waals surface area contributed by atoms with Gasteiger partial charge in [0.2, 0.25) is 5.95 Å². The number of anilines is 3. The summed E-state index contributed by atoms with van der Waals surface area (Å²) < 4.78 is 39.1. The average molecular weight is 397 g/mol. The largest absolute Gasteiger partial charge is 0.418 e. The molecule has 0 aliphatic heterocycles. The van der Waals surface area contributed by atoms with E-state index in [1.54, 1.807) is 24.3 Å². The lowest BCUT2D eigenvalue weighted by molar-refractivity contribution is -0.136. The number of carbonyl (C=O) groups excluding carboxylic acids is 1. The molecule has 0 atom stereocenters. The van der Waals surface area contributed by atoms with Gasteiger partial charge in [-0.1, -0.05) is 30.0 Å². The summed E-state index contributed by atoms with van der Waals surface area (Å²) in [5.41, 5.74) is 5.64. The molecule has 0 radical (unpaired) electrons. The number of para-hydroxylation sites is 1. The second kappa shape index (κ2) is 8.31. The summed E-state index contributed by atoms with van der Waals surface area (Å²) in [6.07, 6.45) is -1.63. The van der Waals surface area contributed by atoms with E-state index >= 15 is 0 Å². The van der Waals surface area contributed by atoms with Gasteiger partial charge in [0.25, 0.3) is 0 Å². The van der Waals surface area contributed by atoms with Crippen molar-refractivity contribution in [2.75, 3.05) is 16.4 Å². The molecule has 0 bridgehead atoms. The highest BCUT2D eigenvalue weighted by Gasteiger charge is 2.33. The zero-order chi connectivity index (χ0) is 20.9. The Morgan fingerprint density at radius 2 is 1.62 bits per heavy atom. The molecule has 3 aromatic rings. The first-order valence-electron chi connectivity index (χ1n) is 8.25. The number of rotatable bonds is 2. The van der Waals surface area contributed by atoms with Gasteiger partial charge in [0, 0.05) is 23.6 Å². The Hall–Kier alpha value is -4.06. The molecular formula is C20H14F3N5O. The van der Waals surface area contributed by atoms with Crippen molar-refractivity contribution >= 4 is 23.4 Å². The maximum atomic E-state index is 13.0. The zero-order valence-electron chi connectivity index (χ0n) is 14.8. The average Bonchev–Trinajstić information content (AvgIpc) is 2.67. The molecule has 0 fully saturated rings. The molecule has 0 saturated carbocycles. The number of amides is 2. The fraction of sp³-hybridized carbons (Fsp3) is 0.0500. The van der Waals surface area contributed by atoms with Gasteiger partial charge in [0.1, 0.15) is 0 Å². The first-order chi connectivity index (χ1) is 13.8. The molecule has 0 spiro atoms. The van der Waals surface area contributed by atoms with E-state index in [0.717, 1.165) is 6.07 Å². The number of hydrogen-bond acceptors (Lipinski definition) is 4. The Labute approximate surface area is 164 Å². The second-order valence-electron chi connectivity index (χ2n) is 5.78. The van der Waals surface area contributed by atoms with Gasteiger partial charge in [-0.15, -0.1) is 0 Å². The van der Waals surface area contributed by atoms with Crippen molar-refractivity contribution in [2.45, 2.75) is 6.18 Å². The summed E-state index contributed by atoms with van der Waals surface area (Å²) >= 11 is 0. The normalized spacial score (nSPS) is 10.6. The topological polar surface area (TPSA) is 92.9 Å². The van der Waals surface area contributed by atoms with E-state index in [4.69, 9.17) is 5.73 Å². The lowest BCUT2D eigenvalue weighted by Crippen LogP contribution is -2.21.